The third-order valence-electron chi connectivity index (χ3n) is 4.50. The van der Waals surface area contributed by atoms with Gasteiger partial charge in [0, 0.05) is 12.6 Å². The van der Waals surface area contributed by atoms with Crippen molar-refractivity contribution in [3.63, 3.8) is 0 Å². The molecule has 0 aliphatic heterocycles. The highest BCUT2D eigenvalue weighted by molar-refractivity contribution is 7.16. The van der Waals surface area contributed by atoms with Gasteiger partial charge in [0.2, 0.25) is 0 Å². The maximum absolute atomic E-state index is 14.9. The third-order valence-corrected chi connectivity index (χ3v) is 5.29. The standard InChI is InChI=1S/C22H23FN2O2S/c1-3-4-5-6-7-13-27-19-10-8-9-18(21(19)23)25(2)22(26)16-11-12-17-20(14-16)28-15-24-17/h3,8-12,14-15H,1,4-7,13H2,2H3. The third kappa shape index (κ3) is 4.57. The number of nitrogens with zero attached hydrogens (tertiary/aromatic N) is 2. The lowest BCUT2D eigenvalue weighted by atomic mass is 10.1. The zero-order valence-corrected chi connectivity index (χ0v) is 16.7. The SMILES string of the molecule is C=CCCCCCOc1cccc(N(C)C(=O)c2ccc3ncsc3c2)c1F. The van der Waals surface area contributed by atoms with E-state index in [4.69, 9.17) is 4.74 Å². The minimum atomic E-state index is -0.525. The Balaban J connectivity index is 1.69. The highest BCUT2D eigenvalue weighted by Gasteiger charge is 2.19. The van der Waals surface area contributed by atoms with Crippen LogP contribution in [0.1, 0.15) is 36.0 Å². The van der Waals surface area contributed by atoms with Crippen LogP contribution in [0.4, 0.5) is 10.1 Å². The van der Waals surface area contributed by atoms with Gasteiger partial charge in [-0.25, -0.2) is 9.37 Å². The summed E-state index contributed by atoms with van der Waals surface area (Å²) in [6, 6.07) is 10.2. The summed E-state index contributed by atoms with van der Waals surface area (Å²) < 4.78 is 21.4. The Morgan fingerprint density at radius 1 is 1.29 bits per heavy atom. The lowest BCUT2D eigenvalue weighted by molar-refractivity contribution is 0.0992. The number of hydrogen-bond donors (Lipinski definition) is 0. The van der Waals surface area contributed by atoms with E-state index in [9.17, 15) is 9.18 Å². The number of fused-ring (bicyclic) bond motifs is 1. The summed E-state index contributed by atoms with van der Waals surface area (Å²) in [6.45, 7) is 4.14. The summed E-state index contributed by atoms with van der Waals surface area (Å²) in [4.78, 5) is 18.4. The van der Waals surface area contributed by atoms with Crippen molar-refractivity contribution in [1.29, 1.82) is 0 Å². The van der Waals surface area contributed by atoms with Crippen molar-refractivity contribution in [3.05, 3.63) is 65.9 Å². The van der Waals surface area contributed by atoms with Crippen LogP contribution in [-0.4, -0.2) is 24.5 Å². The minimum absolute atomic E-state index is 0.166. The Kier molecular flexibility index (Phi) is 6.76. The summed E-state index contributed by atoms with van der Waals surface area (Å²) >= 11 is 1.47. The van der Waals surface area contributed by atoms with Crippen LogP contribution >= 0.6 is 11.3 Å². The molecule has 0 radical (unpaired) electrons. The van der Waals surface area contributed by atoms with E-state index >= 15 is 0 Å². The average Bonchev–Trinajstić information content (AvgIpc) is 3.18. The summed E-state index contributed by atoms with van der Waals surface area (Å²) in [7, 11) is 1.57. The number of rotatable bonds is 9. The molecule has 28 heavy (non-hydrogen) atoms. The number of aromatic nitrogens is 1. The zero-order valence-electron chi connectivity index (χ0n) is 15.9. The zero-order chi connectivity index (χ0) is 19.9. The fraction of sp³-hybridized carbons (Fsp3) is 0.273. The quantitative estimate of drug-likeness (QED) is 0.336. The Morgan fingerprint density at radius 3 is 2.96 bits per heavy atom. The molecule has 1 aromatic heterocycles. The second kappa shape index (κ2) is 9.46. The molecule has 146 valence electrons. The van der Waals surface area contributed by atoms with Gasteiger partial charge >= 0.3 is 0 Å². The van der Waals surface area contributed by atoms with Crippen molar-refractivity contribution < 1.29 is 13.9 Å². The Morgan fingerprint density at radius 2 is 2.14 bits per heavy atom. The summed E-state index contributed by atoms with van der Waals surface area (Å²) in [6.07, 6.45) is 5.78. The van der Waals surface area contributed by atoms with E-state index in [2.05, 4.69) is 11.6 Å². The van der Waals surface area contributed by atoms with E-state index in [-0.39, 0.29) is 17.3 Å². The van der Waals surface area contributed by atoms with Gasteiger partial charge in [0.05, 0.1) is 28.0 Å². The van der Waals surface area contributed by atoms with Gasteiger partial charge in [-0.05, 0) is 56.0 Å². The first-order valence-corrected chi connectivity index (χ1v) is 10.1. The van der Waals surface area contributed by atoms with E-state index in [1.165, 1.54) is 16.2 Å². The minimum Gasteiger partial charge on any atom is -0.490 e. The van der Waals surface area contributed by atoms with E-state index in [0.717, 1.165) is 35.9 Å². The normalized spacial score (nSPS) is 10.8. The molecule has 2 aromatic carbocycles. The molecule has 0 spiro atoms. The molecule has 1 heterocycles. The molecule has 0 N–H and O–H groups in total. The molecule has 0 aliphatic rings. The molecule has 0 unspecified atom stereocenters. The smallest absolute Gasteiger partial charge is 0.258 e. The van der Waals surface area contributed by atoms with Crippen LogP contribution in [0.15, 0.2) is 54.6 Å². The molecular formula is C22H23FN2O2S. The van der Waals surface area contributed by atoms with E-state index in [1.54, 1.807) is 49.0 Å². The predicted octanol–water partition coefficient (Wildman–Crippen LogP) is 5.84. The Hall–Kier alpha value is -2.73. The van der Waals surface area contributed by atoms with E-state index in [1.807, 2.05) is 6.08 Å². The number of carbonyl (C=O) groups is 1. The van der Waals surface area contributed by atoms with Crippen LogP contribution in [0.5, 0.6) is 5.75 Å². The molecule has 0 saturated heterocycles. The number of ether oxygens (including phenoxy) is 1. The van der Waals surface area contributed by atoms with Crippen molar-refractivity contribution in [1.82, 2.24) is 4.98 Å². The first-order chi connectivity index (χ1) is 13.6. The molecular weight excluding hydrogens is 375 g/mol. The van der Waals surface area contributed by atoms with Crippen molar-refractivity contribution in [2.75, 3.05) is 18.6 Å². The fourth-order valence-electron chi connectivity index (χ4n) is 2.91. The lowest BCUT2D eigenvalue weighted by Crippen LogP contribution is -2.27. The van der Waals surface area contributed by atoms with Gasteiger partial charge in [-0.1, -0.05) is 12.1 Å². The molecule has 0 fully saturated rings. The van der Waals surface area contributed by atoms with Crippen LogP contribution in [-0.2, 0) is 0 Å². The van der Waals surface area contributed by atoms with Crippen LogP contribution in [0.3, 0.4) is 0 Å². The number of hydrogen-bond acceptors (Lipinski definition) is 4. The molecule has 1 amide bonds. The molecule has 4 nitrogen and oxygen atoms in total. The number of halogens is 1. The largest absolute Gasteiger partial charge is 0.490 e. The number of benzene rings is 2. The summed E-state index contributed by atoms with van der Waals surface area (Å²) in [5.74, 6) is -0.641. The number of allylic oxidation sites excluding steroid dienone is 1. The molecule has 0 aliphatic carbocycles. The molecule has 0 atom stereocenters. The molecule has 6 heteroatoms. The van der Waals surface area contributed by atoms with Crippen LogP contribution in [0.25, 0.3) is 10.2 Å². The van der Waals surface area contributed by atoms with Crippen molar-refractivity contribution in [2.24, 2.45) is 0 Å². The number of thiazole rings is 1. The Bertz CT molecular complexity index is 970. The summed E-state index contributed by atoms with van der Waals surface area (Å²) in [5, 5.41) is 0. The molecule has 0 saturated carbocycles. The monoisotopic (exact) mass is 398 g/mol. The van der Waals surface area contributed by atoms with Gasteiger partial charge in [-0.15, -0.1) is 17.9 Å². The van der Waals surface area contributed by atoms with Gasteiger partial charge < -0.3 is 9.64 Å². The van der Waals surface area contributed by atoms with Gasteiger partial charge in [-0.2, -0.15) is 0 Å². The van der Waals surface area contributed by atoms with Crippen LogP contribution in [0.2, 0.25) is 0 Å². The predicted molar refractivity (Wildman–Crippen MR) is 113 cm³/mol. The lowest BCUT2D eigenvalue weighted by Gasteiger charge is -2.19. The van der Waals surface area contributed by atoms with E-state index < -0.39 is 5.82 Å². The first kappa shape index (κ1) is 20.0. The maximum atomic E-state index is 14.9. The van der Waals surface area contributed by atoms with Gasteiger partial charge in [-0.3, -0.25) is 4.79 Å². The topological polar surface area (TPSA) is 42.4 Å². The number of unbranched alkanes of at least 4 members (excludes halogenated alkanes) is 3. The van der Waals surface area contributed by atoms with Gasteiger partial charge in [0.1, 0.15) is 0 Å². The average molecular weight is 399 g/mol. The highest BCUT2D eigenvalue weighted by Crippen LogP contribution is 2.29. The molecule has 0 bridgehead atoms. The second-order valence-electron chi connectivity index (χ2n) is 6.47. The highest BCUT2D eigenvalue weighted by atomic mass is 32.1. The van der Waals surface area contributed by atoms with Gasteiger partial charge in [0.25, 0.3) is 5.91 Å². The number of carbonyl (C=O) groups excluding carboxylic acids is 1. The van der Waals surface area contributed by atoms with Crippen LogP contribution in [0, 0.1) is 5.82 Å². The maximum Gasteiger partial charge on any atom is 0.258 e. The van der Waals surface area contributed by atoms with Crippen molar-refractivity contribution in [3.8, 4) is 5.75 Å². The van der Waals surface area contributed by atoms with Crippen LogP contribution < -0.4 is 9.64 Å². The van der Waals surface area contributed by atoms with Crippen molar-refractivity contribution in [2.45, 2.75) is 25.7 Å². The van der Waals surface area contributed by atoms with E-state index in [0.29, 0.717) is 12.2 Å². The Labute approximate surface area is 168 Å². The second-order valence-corrected chi connectivity index (χ2v) is 7.36. The molecule has 3 rings (SSSR count). The number of anilines is 1. The first-order valence-electron chi connectivity index (χ1n) is 9.25. The van der Waals surface area contributed by atoms with Gasteiger partial charge in [0.15, 0.2) is 11.6 Å². The summed E-state index contributed by atoms with van der Waals surface area (Å²) in [5.41, 5.74) is 3.27. The fourth-order valence-corrected chi connectivity index (χ4v) is 3.63. The number of amides is 1. The van der Waals surface area contributed by atoms with Crippen molar-refractivity contribution >= 4 is 33.1 Å². The molecule has 3 aromatic rings.